The molecule has 2 aliphatic rings. The van der Waals surface area contributed by atoms with Crippen LogP contribution in [0.4, 0.5) is 10.1 Å². The zero-order valence-corrected chi connectivity index (χ0v) is 11.7. The summed E-state index contributed by atoms with van der Waals surface area (Å²) < 4.78 is 19.0. The van der Waals surface area contributed by atoms with Gasteiger partial charge in [-0.25, -0.2) is 4.39 Å². The minimum atomic E-state index is -0.253. The standard InChI is InChI=1S/C15H20FN3O/c1-20-13-6-3-7-15(9-13)10-18-14(17)19(15)12-5-2-4-11(16)8-12/h2,4-5,8,13H,3,6-7,9-10H2,1H3,(H2,17,18). The second-order valence-corrected chi connectivity index (χ2v) is 5.67. The molecule has 1 aliphatic carbocycles. The van der Waals surface area contributed by atoms with E-state index >= 15 is 0 Å². The average Bonchev–Trinajstić information content (AvgIpc) is 2.75. The molecule has 3 rings (SSSR count). The van der Waals surface area contributed by atoms with Crippen LogP contribution in [0.5, 0.6) is 0 Å². The third-order valence-corrected chi connectivity index (χ3v) is 4.41. The van der Waals surface area contributed by atoms with Gasteiger partial charge in [0, 0.05) is 12.8 Å². The van der Waals surface area contributed by atoms with Gasteiger partial charge in [0.25, 0.3) is 0 Å². The molecule has 2 unspecified atom stereocenters. The normalized spacial score (nSPS) is 29.8. The van der Waals surface area contributed by atoms with Gasteiger partial charge in [-0.3, -0.25) is 4.99 Å². The molecule has 20 heavy (non-hydrogen) atoms. The number of ether oxygens (including phenoxy) is 1. The molecule has 1 saturated carbocycles. The van der Waals surface area contributed by atoms with Crippen LogP contribution >= 0.6 is 0 Å². The molecule has 1 aromatic carbocycles. The highest BCUT2D eigenvalue weighted by molar-refractivity contribution is 5.98. The van der Waals surface area contributed by atoms with Crippen LogP contribution in [0.15, 0.2) is 29.3 Å². The van der Waals surface area contributed by atoms with E-state index in [9.17, 15) is 4.39 Å². The molecule has 0 saturated heterocycles. The van der Waals surface area contributed by atoms with Crippen LogP contribution in [0, 0.1) is 5.82 Å². The number of hydrogen-bond donors (Lipinski definition) is 1. The van der Waals surface area contributed by atoms with Crippen molar-refractivity contribution in [2.45, 2.75) is 37.3 Å². The molecular formula is C15H20FN3O. The first kappa shape index (κ1) is 13.4. The Balaban J connectivity index is 1.95. The summed E-state index contributed by atoms with van der Waals surface area (Å²) >= 11 is 0. The van der Waals surface area contributed by atoms with Gasteiger partial charge in [0.1, 0.15) is 5.82 Å². The van der Waals surface area contributed by atoms with Crippen molar-refractivity contribution in [3.63, 3.8) is 0 Å². The van der Waals surface area contributed by atoms with Gasteiger partial charge >= 0.3 is 0 Å². The zero-order chi connectivity index (χ0) is 14.2. The van der Waals surface area contributed by atoms with Gasteiger partial charge in [-0.1, -0.05) is 6.07 Å². The lowest BCUT2D eigenvalue weighted by atomic mass is 9.79. The Morgan fingerprint density at radius 2 is 2.35 bits per heavy atom. The van der Waals surface area contributed by atoms with Crippen molar-refractivity contribution < 1.29 is 9.13 Å². The van der Waals surface area contributed by atoms with Gasteiger partial charge in [0.2, 0.25) is 0 Å². The summed E-state index contributed by atoms with van der Waals surface area (Å²) in [6.45, 7) is 0.662. The number of rotatable bonds is 2. The van der Waals surface area contributed by atoms with Crippen molar-refractivity contribution in [2.75, 3.05) is 18.6 Å². The molecule has 0 bridgehead atoms. The largest absolute Gasteiger partial charge is 0.381 e. The van der Waals surface area contributed by atoms with Gasteiger partial charge in [-0.2, -0.15) is 0 Å². The molecule has 0 radical (unpaired) electrons. The second-order valence-electron chi connectivity index (χ2n) is 5.67. The maximum atomic E-state index is 13.5. The molecule has 1 fully saturated rings. The third kappa shape index (κ3) is 2.16. The fourth-order valence-corrected chi connectivity index (χ4v) is 3.47. The van der Waals surface area contributed by atoms with E-state index in [0.29, 0.717) is 12.5 Å². The van der Waals surface area contributed by atoms with E-state index in [1.807, 2.05) is 11.0 Å². The minimum absolute atomic E-state index is 0.156. The van der Waals surface area contributed by atoms with Crippen LogP contribution < -0.4 is 10.6 Å². The Morgan fingerprint density at radius 1 is 1.50 bits per heavy atom. The fourth-order valence-electron chi connectivity index (χ4n) is 3.47. The van der Waals surface area contributed by atoms with Gasteiger partial charge in [0.05, 0.1) is 18.2 Å². The molecule has 4 nitrogen and oxygen atoms in total. The first-order chi connectivity index (χ1) is 9.64. The summed E-state index contributed by atoms with van der Waals surface area (Å²) in [5.41, 5.74) is 6.69. The van der Waals surface area contributed by atoms with E-state index in [1.54, 1.807) is 13.2 Å². The number of guanidine groups is 1. The summed E-state index contributed by atoms with van der Waals surface area (Å²) in [6.07, 6.45) is 4.25. The fraction of sp³-hybridized carbons (Fsp3) is 0.533. The topological polar surface area (TPSA) is 50.9 Å². The van der Waals surface area contributed by atoms with Gasteiger partial charge < -0.3 is 15.4 Å². The zero-order valence-electron chi connectivity index (χ0n) is 11.7. The minimum Gasteiger partial charge on any atom is -0.381 e. The van der Waals surface area contributed by atoms with Crippen LogP contribution in [-0.2, 0) is 4.74 Å². The lowest BCUT2D eigenvalue weighted by molar-refractivity contribution is 0.0459. The van der Waals surface area contributed by atoms with Crippen molar-refractivity contribution in [2.24, 2.45) is 10.7 Å². The van der Waals surface area contributed by atoms with Crippen molar-refractivity contribution in [1.82, 2.24) is 0 Å². The number of aliphatic imine (C=N–C) groups is 1. The molecule has 1 aliphatic heterocycles. The lowest BCUT2D eigenvalue weighted by Crippen LogP contribution is -2.55. The quantitative estimate of drug-likeness (QED) is 0.902. The Hall–Kier alpha value is -1.62. The van der Waals surface area contributed by atoms with Crippen molar-refractivity contribution in [1.29, 1.82) is 0 Å². The predicted molar refractivity (Wildman–Crippen MR) is 77.4 cm³/mol. The van der Waals surface area contributed by atoms with E-state index in [0.717, 1.165) is 31.4 Å². The Labute approximate surface area is 118 Å². The Bertz CT molecular complexity index is 534. The maximum Gasteiger partial charge on any atom is 0.196 e. The smallest absolute Gasteiger partial charge is 0.196 e. The Morgan fingerprint density at radius 3 is 3.10 bits per heavy atom. The molecule has 0 aromatic heterocycles. The SMILES string of the molecule is COC1CCCC2(CN=C(N)N2c2cccc(F)c2)C1. The van der Waals surface area contributed by atoms with Gasteiger partial charge in [-0.05, 0) is 43.9 Å². The highest BCUT2D eigenvalue weighted by Gasteiger charge is 2.46. The lowest BCUT2D eigenvalue weighted by Gasteiger charge is -2.44. The molecule has 2 N–H and O–H groups in total. The van der Waals surface area contributed by atoms with Crippen molar-refractivity contribution in [3.8, 4) is 0 Å². The predicted octanol–water partition coefficient (Wildman–Crippen LogP) is 2.29. The third-order valence-electron chi connectivity index (χ3n) is 4.41. The van der Waals surface area contributed by atoms with Crippen LogP contribution in [0.25, 0.3) is 0 Å². The first-order valence-corrected chi connectivity index (χ1v) is 7.03. The molecule has 108 valence electrons. The summed E-state index contributed by atoms with van der Waals surface area (Å²) in [5, 5.41) is 0. The molecule has 1 aromatic rings. The summed E-state index contributed by atoms with van der Waals surface area (Å²) in [4.78, 5) is 6.41. The number of methoxy groups -OCH3 is 1. The van der Waals surface area contributed by atoms with Gasteiger partial charge in [-0.15, -0.1) is 0 Å². The van der Waals surface area contributed by atoms with Crippen molar-refractivity contribution >= 4 is 11.6 Å². The summed E-state index contributed by atoms with van der Waals surface area (Å²) in [5.74, 6) is 0.226. The number of nitrogens with zero attached hydrogens (tertiary/aromatic N) is 2. The number of benzene rings is 1. The molecule has 2 atom stereocenters. The van der Waals surface area contributed by atoms with E-state index in [1.165, 1.54) is 12.1 Å². The van der Waals surface area contributed by atoms with E-state index in [-0.39, 0.29) is 17.5 Å². The molecule has 0 amide bonds. The second kappa shape index (κ2) is 5.05. The highest BCUT2D eigenvalue weighted by atomic mass is 19.1. The molecule has 1 heterocycles. The van der Waals surface area contributed by atoms with Crippen LogP contribution in [0.3, 0.4) is 0 Å². The molecule has 1 spiro atoms. The number of halogens is 1. The Kier molecular flexibility index (Phi) is 3.38. The van der Waals surface area contributed by atoms with Crippen LogP contribution in [0.1, 0.15) is 25.7 Å². The maximum absolute atomic E-state index is 13.5. The van der Waals surface area contributed by atoms with E-state index < -0.39 is 0 Å². The summed E-state index contributed by atoms with van der Waals surface area (Å²) in [6, 6.07) is 6.56. The van der Waals surface area contributed by atoms with E-state index in [2.05, 4.69) is 4.99 Å². The number of hydrogen-bond acceptors (Lipinski definition) is 4. The van der Waals surface area contributed by atoms with Crippen molar-refractivity contribution in [3.05, 3.63) is 30.1 Å². The van der Waals surface area contributed by atoms with Crippen LogP contribution in [0.2, 0.25) is 0 Å². The monoisotopic (exact) mass is 277 g/mol. The first-order valence-electron chi connectivity index (χ1n) is 7.03. The van der Waals surface area contributed by atoms with Gasteiger partial charge in [0.15, 0.2) is 5.96 Å². The number of nitrogens with two attached hydrogens (primary N) is 1. The van der Waals surface area contributed by atoms with Crippen LogP contribution in [-0.4, -0.2) is 31.3 Å². The average molecular weight is 277 g/mol. The summed E-state index contributed by atoms with van der Waals surface area (Å²) in [7, 11) is 1.75. The number of anilines is 1. The van der Waals surface area contributed by atoms with E-state index in [4.69, 9.17) is 10.5 Å². The molecule has 5 heteroatoms. The molecular weight excluding hydrogens is 257 g/mol. The highest BCUT2D eigenvalue weighted by Crippen LogP contribution is 2.40.